The Morgan fingerprint density at radius 3 is 2.54 bits per heavy atom. The number of fused-ring (bicyclic) bond motifs is 1. The number of hydrogen-bond donors (Lipinski definition) is 2. The van der Waals surface area contributed by atoms with Crippen molar-refractivity contribution < 1.29 is 0 Å². The first-order valence-electron chi connectivity index (χ1n) is 8.70. The summed E-state index contributed by atoms with van der Waals surface area (Å²) in [6, 6.07) is 9.85. The summed E-state index contributed by atoms with van der Waals surface area (Å²) in [7, 11) is 0. The molecule has 26 heavy (non-hydrogen) atoms. The van der Waals surface area contributed by atoms with Crippen molar-refractivity contribution in [3.8, 4) is 11.1 Å². The maximum atomic E-state index is 12.5. The van der Waals surface area contributed by atoms with Gasteiger partial charge in [0.25, 0.3) is 5.56 Å². The van der Waals surface area contributed by atoms with Crippen LogP contribution in [0.3, 0.4) is 0 Å². The van der Waals surface area contributed by atoms with Gasteiger partial charge in [-0.25, -0.2) is 0 Å². The van der Waals surface area contributed by atoms with Crippen LogP contribution in [0.4, 0.5) is 0 Å². The van der Waals surface area contributed by atoms with Crippen molar-refractivity contribution in [3.05, 3.63) is 75.1 Å². The van der Waals surface area contributed by atoms with Crippen molar-refractivity contribution in [1.29, 1.82) is 0 Å². The van der Waals surface area contributed by atoms with Crippen LogP contribution in [0.1, 0.15) is 28.2 Å². The van der Waals surface area contributed by atoms with Crippen LogP contribution in [0.2, 0.25) is 0 Å². The summed E-state index contributed by atoms with van der Waals surface area (Å²) < 4.78 is 1.42. The normalized spacial score (nSPS) is 11.3. The van der Waals surface area contributed by atoms with Crippen LogP contribution < -0.4 is 5.56 Å². The highest BCUT2D eigenvalue weighted by Gasteiger charge is 2.12. The molecule has 0 unspecified atom stereocenters. The Balaban J connectivity index is 1.72. The minimum Gasteiger partial charge on any atom is -0.343 e. The molecule has 0 spiro atoms. The molecular formula is C20H21N5O. The molecule has 0 fully saturated rings. The minimum absolute atomic E-state index is 0.118. The summed E-state index contributed by atoms with van der Waals surface area (Å²) in [5.41, 5.74) is 7.98. The third kappa shape index (κ3) is 2.83. The molecule has 0 aliphatic rings. The van der Waals surface area contributed by atoms with Crippen molar-refractivity contribution in [2.75, 3.05) is 0 Å². The molecule has 0 aliphatic carbocycles. The van der Waals surface area contributed by atoms with Gasteiger partial charge in [0, 0.05) is 23.0 Å². The van der Waals surface area contributed by atoms with Crippen molar-refractivity contribution in [2.45, 2.75) is 33.6 Å². The molecule has 0 saturated heterocycles. The van der Waals surface area contributed by atoms with Crippen LogP contribution in [-0.4, -0.2) is 24.8 Å². The van der Waals surface area contributed by atoms with E-state index in [1.165, 1.54) is 15.6 Å². The van der Waals surface area contributed by atoms with E-state index in [0.717, 1.165) is 46.7 Å². The molecule has 0 amide bonds. The van der Waals surface area contributed by atoms with E-state index in [4.69, 9.17) is 0 Å². The molecule has 6 nitrogen and oxygen atoms in total. The number of nitrogens with zero attached hydrogens (tertiary/aromatic N) is 3. The Morgan fingerprint density at radius 2 is 1.85 bits per heavy atom. The molecule has 4 aromatic rings. The van der Waals surface area contributed by atoms with Crippen molar-refractivity contribution in [3.63, 3.8) is 0 Å². The fraction of sp³-hybridized carbons (Fsp3) is 0.250. The summed E-state index contributed by atoms with van der Waals surface area (Å²) in [5.74, 6) is 0. The third-order valence-corrected chi connectivity index (χ3v) is 4.84. The molecule has 0 saturated carbocycles. The molecule has 0 radical (unpaired) electrons. The first kappa shape index (κ1) is 16.3. The number of benzene rings is 1. The number of aromatic nitrogens is 5. The van der Waals surface area contributed by atoms with E-state index < -0.39 is 0 Å². The molecule has 2 N–H and O–H groups in total. The Bertz CT molecular complexity index is 1110. The summed E-state index contributed by atoms with van der Waals surface area (Å²) in [6.45, 7) is 6.07. The van der Waals surface area contributed by atoms with Gasteiger partial charge in [-0.15, -0.1) is 0 Å². The van der Waals surface area contributed by atoms with Gasteiger partial charge in [-0.2, -0.15) is 14.7 Å². The zero-order valence-electron chi connectivity index (χ0n) is 15.1. The first-order chi connectivity index (χ1) is 12.5. The highest BCUT2D eigenvalue weighted by Crippen LogP contribution is 2.23. The number of H-pyrrole nitrogens is 2. The Hall–Kier alpha value is -3.15. The lowest BCUT2D eigenvalue weighted by Crippen LogP contribution is -2.16. The van der Waals surface area contributed by atoms with Gasteiger partial charge in [-0.1, -0.05) is 29.8 Å². The molecule has 6 heteroatoms. The average molecular weight is 347 g/mol. The maximum absolute atomic E-state index is 12.5. The quantitative estimate of drug-likeness (QED) is 0.595. The molecule has 132 valence electrons. The number of nitrogens with one attached hydrogen (secondary N) is 2. The molecule has 0 bridgehead atoms. The smallest absolute Gasteiger partial charge is 0.274 e. The topological polar surface area (TPSA) is 78.8 Å². The lowest BCUT2D eigenvalue weighted by molar-refractivity contribution is 0.848. The molecule has 0 atom stereocenters. The second-order valence-electron chi connectivity index (χ2n) is 6.73. The van der Waals surface area contributed by atoms with Crippen molar-refractivity contribution >= 4 is 5.65 Å². The zero-order valence-corrected chi connectivity index (χ0v) is 15.1. The standard InChI is InChI=1S/C20H21N5O/c1-12-4-6-15(7-5-12)18-11-21-25-19(26)10-16(22-20(18)25)8-9-17-13(2)23-24-14(17)3/h4-7,10-11,22H,8-9H2,1-3H3,(H,23,24). The van der Waals surface area contributed by atoms with Crippen LogP contribution in [0.5, 0.6) is 0 Å². The Morgan fingerprint density at radius 1 is 1.08 bits per heavy atom. The summed E-state index contributed by atoms with van der Waals surface area (Å²) in [4.78, 5) is 15.9. The monoisotopic (exact) mass is 347 g/mol. The Kier molecular flexibility index (Phi) is 3.95. The fourth-order valence-electron chi connectivity index (χ4n) is 3.32. The van der Waals surface area contributed by atoms with Crippen LogP contribution in [0.15, 0.2) is 41.3 Å². The second kappa shape index (κ2) is 6.29. The third-order valence-electron chi connectivity index (χ3n) is 4.84. The number of hydrogen-bond acceptors (Lipinski definition) is 3. The summed E-state index contributed by atoms with van der Waals surface area (Å²) >= 11 is 0. The largest absolute Gasteiger partial charge is 0.343 e. The van der Waals surface area contributed by atoms with Gasteiger partial charge >= 0.3 is 0 Å². The first-order valence-corrected chi connectivity index (χ1v) is 8.70. The van der Waals surface area contributed by atoms with E-state index >= 15 is 0 Å². The van der Waals surface area contributed by atoms with Gasteiger partial charge < -0.3 is 4.98 Å². The SMILES string of the molecule is Cc1ccc(-c2cnn3c(=O)cc(CCc4c(C)n[nH]c4C)[nH]c23)cc1. The zero-order chi connectivity index (χ0) is 18.3. The fourth-order valence-corrected chi connectivity index (χ4v) is 3.32. The molecule has 4 rings (SSSR count). The molecule has 3 heterocycles. The minimum atomic E-state index is -0.118. The van der Waals surface area contributed by atoms with E-state index in [2.05, 4.69) is 51.5 Å². The Labute approximate surface area is 150 Å². The van der Waals surface area contributed by atoms with Gasteiger partial charge in [0.15, 0.2) is 0 Å². The average Bonchev–Trinajstić information content (AvgIpc) is 3.18. The van der Waals surface area contributed by atoms with E-state index in [0.29, 0.717) is 0 Å². The van der Waals surface area contributed by atoms with Crippen molar-refractivity contribution in [1.82, 2.24) is 24.8 Å². The van der Waals surface area contributed by atoms with Crippen LogP contribution in [0, 0.1) is 20.8 Å². The number of aryl methyl sites for hydroxylation is 4. The number of aromatic amines is 2. The van der Waals surface area contributed by atoms with Gasteiger partial charge in [0.2, 0.25) is 0 Å². The molecule has 3 aromatic heterocycles. The lowest BCUT2D eigenvalue weighted by Gasteiger charge is -2.05. The van der Waals surface area contributed by atoms with Gasteiger partial charge in [-0.3, -0.25) is 9.89 Å². The van der Waals surface area contributed by atoms with Crippen LogP contribution in [-0.2, 0) is 12.8 Å². The molecule has 0 aliphatic heterocycles. The predicted octanol–water partition coefficient (Wildman–Crippen LogP) is 3.12. The van der Waals surface area contributed by atoms with Crippen LogP contribution >= 0.6 is 0 Å². The highest BCUT2D eigenvalue weighted by atomic mass is 16.1. The molecular weight excluding hydrogens is 326 g/mol. The van der Waals surface area contributed by atoms with Gasteiger partial charge in [-0.05, 0) is 44.7 Å². The maximum Gasteiger partial charge on any atom is 0.274 e. The van der Waals surface area contributed by atoms with E-state index in [-0.39, 0.29) is 5.56 Å². The van der Waals surface area contributed by atoms with Gasteiger partial charge in [0.1, 0.15) is 5.65 Å². The van der Waals surface area contributed by atoms with Gasteiger partial charge in [0.05, 0.1) is 11.9 Å². The van der Waals surface area contributed by atoms with Crippen molar-refractivity contribution in [2.24, 2.45) is 0 Å². The number of rotatable bonds is 4. The lowest BCUT2D eigenvalue weighted by atomic mass is 10.1. The van der Waals surface area contributed by atoms with E-state index in [1.807, 2.05) is 13.8 Å². The molecule has 1 aromatic carbocycles. The summed E-state index contributed by atoms with van der Waals surface area (Å²) in [6.07, 6.45) is 3.31. The van der Waals surface area contributed by atoms with E-state index in [1.54, 1.807) is 12.3 Å². The van der Waals surface area contributed by atoms with Crippen LogP contribution in [0.25, 0.3) is 16.8 Å². The second-order valence-corrected chi connectivity index (χ2v) is 6.73. The summed E-state index contributed by atoms with van der Waals surface area (Å²) in [5, 5.41) is 11.5. The van der Waals surface area contributed by atoms with E-state index in [9.17, 15) is 4.79 Å². The predicted molar refractivity (Wildman–Crippen MR) is 101 cm³/mol. The highest BCUT2D eigenvalue weighted by molar-refractivity contribution is 5.77.